The van der Waals surface area contributed by atoms with E-state index >= 15 is 0 Å². The minimum absolute atomic E-state index is 0.257. The van der Waals surface area contributed by atoms with Crippen LogP contribution in [0.1, 0.15) is 34.8 Å². The molecule has 1 aromatic heterocycles. The molecule has 0 fully saturated rings. The van der Waals surface area contributed by atoms with Crippen molar-refractivity contribution in [1.29, 1.82) is 0 Å². The zero-order valence-electron chi connectivity index (χ0n) is 16.7. The van der Waals surface area contributed by atoms with Gasteiger partial charge < -0.3 is 10.1 Å². The Bertz CT molecular complexity index is 936. The second-order valence-corrected chi connectivity index (χ2v) is 6.77. The number of benzene rings is 2. The molecular weight excluding hydrogens is 362 g/mol. The van der Waals surface area contributed by atoms with Crippen molar-refractivity contribution in [3.05, 3.63) is 95.3 Å². The number of amides is 1. The number of aryl methyl sites for hydroxylation is 1. The van der Waals surface area contributed by atoms with Crippen molar-refractivity contribution >= 4 is 12.1 Å². The van der Waals surface area contributed by atoms with Gasteiger partial charge in [0.1, 0.15) is 5.75 Å². The monoisotopic (exact) mass is 387 g/mol. The van der Waals surface area contributed by atoms with Crippen molar-refractivity contribution in [1.82, 2.24) is 10.3 Å². The molecule has 0 saturated carbocycles. The van der Waals surface area contributed by atoms with E-state index in [2.05, 4.69) is 41.5 Å². The lowest BCUT2D eigenvalue weighted by Crippen LogP contribution is -2.24. The maximum atomic E-state index is 11.2. The average molecular weight is 387 g/mol. The highest BCUT2D eigenvalue weighted by atomic mass is 16.5. The molecule has 5 nitrogen and oxygen atoms in total. The van der Waals surface area contributed by atoms with E-state index in [1.54, 1.807) is 13.3 Å². The van der Waals surface area contributed by atoms with E-state index in [0.29, 0.717) is 19.4 Å². The van der Waals surface area contributed by atoms with Crippen LogP contribution >= 0.6 is 0 Å². The Kier molecular flexibility index (Phi) is 7.11. The molecule has 1 atom stereocenters. The zero-order chi connectivity index (χ0) is 20.5. The summed E-state index contributed by atoms with van der Waals surface area (Å²) in [4.78, 5) is 20.5. The van der Waals surface area contributed by atoms with E-state index in [4.69, 9.17) is 9.73 Å². The molecule has 0 aliphatic heterocycles. The molecule has 3 aromatic rings. The lowest BCUT2D eigenvalue weighted by Gasteiger charge is -2.17. The van der Waals surface area contributed by atoms with Gasteiger partial charge in [-0.25, -0.2) is 0 Å². The van der Waals surface area contributed by atoms with Gasteiger partial charge in [-0.3, -0.25) is 14.8 Å². The lowest BCUT2D eigenvalue weighted by molar-refractivity contribution is -0.110. The molecule has 1 heterocycles. The highest BCUT2D eigenvalue weighted by Crippen LogP contribution is 2.20. The molecule has 2 aromatic carbocycles. The Labute approximate surface area is 171 Å². The molecule has 3 rings (SSSR count). The van der Waals surface area contributed by atoms with Crippen molar-refractivity contribution in [2.45, 2.75) is 25.9 Å². The summed E-state index contributed by atoms with van der Waals surface area (Å²) in [5, 5.41) is 2.88. The second-order valence-electron chi connectivity index (χ2n) is 6.77. The van der Waals surface area contributed by atoms with Crippen molar-refractivity contribution < 1.29 is 9.53 Å². The highest BCUT2D eigenvalue weighted by molar-refractivity contribution is 6.01. The molecule has 5 heteroatoms. The highest BCUT2D eigenvalue weighted by Gasteiger charge is 2.16. The Balaban J connectivity index is 1.90. The van der Waals surface area contributed by atoms with E-state index in [9.17, 15) is 4.79 Å². The number of pyridine rings is 1. The molecule has 0 saturated heterocycles. The van der Waals surface area contributed by atoms with Gasteiger partial charge in [0.05, 0.1) is 25.4 Å². The Morgan fingerprint density at radius 3 is 2.48 bits per heavy atom. The van der Waals surface area contributed by atoms with Crippen molar-refractivity contribution in [3.63, 3.8) is 0 Å². The van der Waals surface area contributed by atoms with Gasteiger partial charge in [0, 0.05) is 18.3 Å². The number of methoxy groups -OCH3 is 1. The first-order valence-electron chi connectivity index (χ1n) is 9.53. The van der Waals surface area contributed by atoms with Crippen LogP contribution in [0.5, 0.6) is 5.75 Å². The molecule has 148 valence electrons. The van der Waals surface area contributed by atoms with Gasteiger partial charge in [-0.2, -0.15) is 0 Å². The number of aromatic nitrogens is 1. The number of nitrogens with one attached hydrogen (secondary N) is 1. The van der Waals surface area contributed by atoms with Crippen LogP contribution in [0.3, 0.4) is 0 Å². The number of hydrogen-bond donors (Lipinski definition) is 1. The predicted octanol–water partition coefficient (Wildman–Crippen LogP) is 4.27. The van der Waals surface area contributed by atoms with Crippen LogP contribution in [0.15, 0.2) is 77.9 Å². The third-order valence-corrected chi connectivity index (χ3v) is 4.71. The van der Waals surface area contributed by atoms with Crippen molar-refractivity contribution in [3.8, 4) is 5.75 Å². The summed E-state index contributed by atoms with van der Waals surface area (Å²) in [6.07, 6.45) is 2.98. The minimum Gasteiger partial charge on any atom is -0.497 e. The van der Waals surface area contributed by atoms with Crippen molar-refractivity contribution in [2.75, 3.05) is 7.11 Å². The number of carbonyl (C=O) groups excluding carboxylic acids is 1. The summed E-state index contributed by atoms with van der Waals surface area (Å²) in [7, 11) is 1.65. The lowest BCUT2D eigenvalue weighted by atomic mass is 10.00. The summed E-state index contributed by atoms with van der Waals surface area (Å²) >= 11 is 0. The fourth-order valence-electron chi connectivity index (χ4n) is 3.04. The first-order chi connectivity index (χ1) is 14.2. The topological polar surface area (TPSA) is 63.6 Å². The van der Waals surface area contributed by atoms with Crippen LogP contribution in [0.25, 0.3) is 0 Å². The fraction of sp³-hybridized carbons (Fsp3) is 0.208. The van der Waals surface area contributed by atoms with Gasteiger partial charge in [0.2, 0.25) is 6.41 Å². The van der Waals surface area contributed by atoms with Gasteiger partial charge in [-0.05, 0) is 54.4 Å². The molecule has 1 amide bonds. The van der Waals surface area contributed by atoms with Crippen LogP contribution in [0, 0.1) is 6.92 Å². The van der Waals surface area contributed by atoms with Gasteiger partial charge in [-0.1, -0.05) is 35.9 Å². The van der Waals surface area contributed by atoms with Crippen LogP contribution in [-0.4, -0.2) is 24.2 Å². The first kappa shape index (κ1) is 20.3. The molecular formula is C24H25N3O2. The number of nitrogens with zero attached hydrogens (tertiary/aromatic N) is 2. The standard InChI is InChI=1S/C24H25N3O2/c1-18-6-8-19(9-7-18)16-26-23(20-10-12-21(29-2)13-11-20)15-24(27-17-28)22-5-3-4-14-25-22/h3-14,17,24H,15-16H2,1-2H3,(H,27,28). The van der Waals surface area contributed by atoms with Crippen LogP contribution in [0.4, 0.5) is 0 Å². The van der Waals surface area contributed by atoms with Crippen LogP contribution in [0.2, 0.25) is 0 Å². The van der Waals surface area contributed by atoms with Gasteiger partial charge >= 0.3 is 0 Å². The second kappa shape index (κ2) is 10.2. The first-order valence-corrected chi connectivity index (χ1v) is 9.53. The molecule has 0 spiro atoms. The summed E-state index contributed by atoms with van der Waals surface area (Å²) in [5.41, 5.74) is 5.05. The van der Waals surface area contributed by atoms with E-state index in [-0.39, 0.29) is 6.04 Å². The maximum Gasteiger partial charge on any atom is 0.207 e. The fourth-order valence-corrected chi connectivity index (χ4v) is 3.04. The number of aliphatic imine (C=N–C) groups is 1. The molecule has 0 aliphatic rings. The minimum atomic E-state index is -0.257. The number of carbonyl (C=O) groups is 1. The largest absolute Gasteiger partial charge is 0.497 e. The summed E-state index contributed by atoms with van der Waals surface area (Å²) < 4.78 is 5.27. The SMILES string of the molecule is COc1ccc(C(CC(NC=O)c2ccccn2)=NCc2ccc(C)cc2)cc1. The molecule has 1 N–H and O–H groups in total. The zero-order valence-corrected chi connectivity index (χ0v) is 16.7. The third kappa shape index (κ3) is 5.75. The van der Waals surface area contributed by atoms with E-state index in [1.165, 1.54) is 5.56 Å². The quantitative estimate of drug-likeness (QED) is 0.441. The van der Waals surface area contributed by atoms with Gasteiger partial charge in [0.15, 0.2) is 0 Å². The molecule has 0 radical (unpaired) electrons. The van der Waals surface area contributed by atoms with Gasteiger partial charge in [-0.15, -0.1) is 0 Å². The van der Waals surface area contributed by atoms with E-state index in [1.807, 2.05) is 42.5 Å². The maximum absolute atomic E-state index is 11.2. The normalized spacial score (nSPS) is 12.3. The van der Waals surface area contributed by atoms with Crippen LogP contribution in [-0.2, 0) is 11.3 Å². The average Bonchev–Trinajstić information content (AvgIpc) is 2.78. The van der Waals surface area contributed by atoms with Crippen molar-refractivity contribution in [2.24, 2.45) is 4.99 Å². The smallest absolute Gasteiger partial charge is 0.207 e. The van der Waals surface area contributed by atoms with Crippen LogP contribution < -0.4 is 10.1 Å². The Morgan fingerprint density at radius 2 is 1.86 bits per heavy atom. The molecule has 1 unspecified atom stereocenters. The third-order valence-electron chi connectivity index (χ3n) is 4.71. The summed E-state index contributed by atoms with van der Waals surface area (Å²) in [6.45, 7) is 2.63. The van der Waals surface area contributed by atoms with E-state index < -0.39 is 0 Å². The number of hydrogen-bond acceptors (Lipinski definition) is 4. The Morgan fingerprint density at radius 1 is 1.10 bits per heavy atom. The number of rotatable bonds is 9. The molecule has 0 aliphatic carbocycles. The molecule has 29 heavy (non-hydrogen) atoms. The predicted molar refractivity (Wildman–Crippen MR) is 115 cm³/mol. The van der Waals surface area contributed by atoms with Gasteiger partial charge in [0.25, 0.3) is 0 Å². The summed E-state index contributed by atoms with van der Waals surface area (Å²) in [6, 6.07) is 21.6. The summed E-state index contributed by atoms with van der Waals surface area (Å²) in [5.74, 6) is 0.791. The van der Waals surface area contributed by atoms with E-state index in [0.717, 1.165) is 28.3 Å². The number of ether oxygens (including phenoxy) is 1. The Hall–Kier alpha value is -3.47. The molecule has 0 bridgehead atoms.